The van der Waals surface area contributed by atoms with E-state index in [1.54, 1.807) is 25.4 Å². The summed E-state index contributed by atoms with van der Waals surface area (Å²) < 4.78 is 6.91. The molecule has 0 saturated carbocycles. The topological polar surface area (TPSA) is 69.0 Å². The van der Waals surface area contributed by atoms with Gasteiger partial charge in [-0.2, -0.15) is 5.10 Å². The third kappa shape index (κ3) is 4.05. The van der Waals surface area contributed by atoms with E-state index < -0.39 is 0 Å². The summed E-state index contributed by atoms with van der Waals surface area (Å²) in [5.74, 6) is 0.721. The lowest BCUT2D eigenvalue weighted by atomic mass is 10.3. The minimum atomic E-state index is -0.0896. The van der Waals surface area contributed by atoms with Gasteiger partial charge in [-0.05, 0) is 32.0 Å². The van der Waals surface area contributed by atoms with Crippen LogP contribution in [-0.2, 0) is 4.79 Å². The first-order valence-corrected chi connectivity index (χ1v) is 9.11. The Kier molecular flexibility index (Phi) is 5.58. The number of carbonyl (C=O) groups is 1. The Hall–Kier alpha value is -2.80. The highest BCUT2D eigenvalue weighted by Crippen LogP contribution is 2.28. The monoisotopic (exact) mass is 368 g/mol. The number of aromatic nitrogens is 3. The predicted octanol–water partition coefficient (Wildman–Crippen LogP) is 3.62. The molecule has 26 heavy (non-hydrogen) atoms. The number of anilines is 1. The lowest BCUT2D eigenvalue weighted by Crippen LogP contribution is -2.14. The normalized spacial score (nSPS) is 10.6. The van der Waals surface area contributed by atoms with Crippen molar-refractivity contribution in [1.82, 2.24) is 14.8 Å². The Morgan fingerprint density at radius 3 is 2.62 bits per heavy atom. The van der Waals surface area contributed by atoms with Crippen molar-refractivity contribution in [3.05, 3.63) is 60.0 Å². The molecule has 0 aliphatic carbocycles. The van der Waals surface area contributed by atoms with Crippen molar-refractivity contribution in [3.63, 3.8) is 0 Å². The number of nitrogens with zero attached hydrogens (tertiary/aromatic N) is 3. The van der Waals surface area contributed by atoms with Crippen molar-refractivity contribution >= 4 is 23.4 Å². The van der Waals surface area contributed by atoms with Gasteiger partial charge in [-0.1, -0.05) is 18.2 Å². The van der Waals surface area contributed by atoms with Gasteiger partial charge >= 0.3 is 0 Å². The lowest BCUT2D eigenvalue weighted by Gasteiger charge is -2.07. The Morgan fingerprint density at radius 2 is 1.96 bits per heavy atom. The number of amides is 1. The summed E-state index contributed by atoms with van der Waals surface area (Å²) in [6.07, 6.45) is 1.57. The number of pyridine rings is 1. The molecule has 0 spiro atoms. The number of nitrogens with one attached hydrogen (secondary N) is 1. The predicted molar refractivity (Wildman–Crippen MR) is 103 cm³/mol. The molecule has 0 bridgehead atoms. The zero-order valence-corrected chi connectivity index (χ0v) is 15.7. The molecule has 3 aromatic rings. The summed E-state index contributed by atoms with van der Waals surface area (Å²) in [5.41, 5.74) is 3.59. The Morgan fingerprint density at radius 1 is 1.19 bits per heavy atom. The van der Waals surface area contributed by atoms with Crippen LogP contribution in [0.15, 0.2) is 53.6 Å². The van der Waals surface area contributed by atoms with Gasteiger partial charge in [0.15, 0.2) is 0 Å². The van der Waals surface area contributed by atoms with Crippen molar-refractivity contribution in [1.29, 1.82) is 0 Å². The van der Waals surface area contributed by atoms with Crippen molar-refractivity contribution in [2.45, 2.75) is 18.7 Å². The number of thioether (sulfide) groups is 1. The largest absolute Gasteiger partial charge is 0.481 e. The van der Waals surface area contributed by atoms with Gasteiger partial charge in [0.05, 0.1) is 46.7 Å². The lowest BCUT2D eigenvalue weighted by molar-refractivity contribution is -0.113. The van der Waals surface area contributed by atoms with E-state index in [0.717, 1.165) is 22.0 Å². The average Bonchev–Trinajstić information content (AvgIpc) is 2.95. The molecular weight excluding hydrogens is 348 g/mol. The molecule has 1 N–H and O–H groups in total. The number of rotatable bonds is 6. The first kappa shape index (κ1) is 18.0. The van der Waals surface area contributed by atoms with Gasteiger partial charge in [0, 0.05) is 6.07 Å². The molecule has 6 nitrogen and oxygen atoms in total. The van der Waals surface area contributed by atoms with Crippen LogP contribution < -0.4 is 10.1 Å². The van der Waals surface area contributed by atoms with Gasteiger partial charge in [-0.15, -0.1) is 11.8 Å². The average molecular weight is 368 g/mol. The van der Waals surface area contributed by atoms with Gasteiger partial charge in [0.25, 0.3) is 0 Å². The van der Waals surface area contributed by atoms with Crippen molar-refractivity contribution < 1.29 is 9.53 Å². The molecule has 2 heterocycles. The van der Waals surface area contributed by atoms with Crippen LogP contribution in [0.5, 0.6) is 5.88 Å². The standard InChI is InChI=1S/C19H20N4O2S/c1-13-19(14(2)23(22-13)16-7-5-4-6-8-16)26-12-17(24)21-15-9-10-18(25-3)20-11-15/h4-11H,12H2,1-3H3,(H,21,24). The van der Waals surface area contributed by atoms with E-state index in [0.29, 0.717) is 17.3 Å². The second-order valence-electron chi connectivity index (χ2n) is 5.67. The third-order valence-corrected chi connectivity index (χ3v) is 5.09. The molecule has 3 rings (SSSR count). The van der Waals surface area contributed by atoms with Crippen LogP contribution in [-0.4, -0.2) is 33.5 Å². The minimum Gasteiger partial charge on any atom is -0.481 e. The molecule has 2 aromatic heterocycles. The first-order chi connectivity index (χ1) is 12.6. The number of hydrogen-bond acceptors (Lipinski definition) is 5. The van der Waals surface area contributed by atoms with Gasteiger partial charge in [-0.3, -0.25) is 4.79 Å². The maximum atomic E-state index is 12.2. The van der Waals surface area contributed by atoms with Crippen LogP contribution in [0.3, 0.4) is 0 Å². The van der Waals surface area contributed by atoms with E-state index in [-0.39, 0.29) is 5.91 Å². The van der Waals surface area contributed by atoms with Gasteiger partial charge < -0.3 is 10.1 Å². The molecule has 0 saturated heterocycles. The van der Waals surface area contributed by atoms with Crippen LogP contribution in [0, 0.1) is 13.8 Å². The zero-order chi connectivity index (χ0) is 18.5. The number of methoxy groups -OCH3 is 1. The van der Waals surface area contributed by atoms with Crippen molar-refractivity contribution in [3.8, 4) is 11.6 Å². The number of ether oxygens (including phenoxy) is 1. The molecule has 0 radical (unpaired) electrons. The molecule has 0 unspecified atom stereocenters. The minimum absolute atomic E-state index is 0.0896. The fourth-order valence-electron chi connectivity index (χ4n) is 2.57. The fourth-order valence-corrected chi connectivity index (χ4v) is 3.46. The third-order valence-electron chi connectivity index (χ3n) is 3.80. The molecule has 0 fully saturated rings. The van der Waals surface area contributed by atoms with E-state index in [1.807, 2.05) is 48.9 Å². The maximum Gasteiger partial charge on any atom is 0.234 e. The Labute approximate surface area is 156 Å². The quantitative estimate of drug-likeness (QED) is 0.673. The SMILES string of the molecule is COc1ccc(NC(=O)CSc2c(C)nn(-c3ccccc3)c2C)cn1. The summed E-state index contributed by atoms with van der Waals surface area (Å²) in [6, 6.07) is 13.4. The van der Waals surface area contributed by atoms with Gasteiger partial charge in [0.1, 0.15) is 0 Å². The van der Waals surface area contributed by atoms with E-state index >= 15 is 0 Å². The van der Waals surface area contributed by atoms with E-state index in [9.17, 15) is 4.79 Å². The molecule has 1 amide bonds. The smallest absolute Gasteiger partial charge is 0.234 e. The number of para-hydroxylation sites is 1. The van der Waals surface area contributed by atoms with Crippen LogP contribution in [0.4, 0.5) is 5.69 Å². The molecular formula is C19H20N4O2S. The summed E-state index contributed by atoms with van der Waals surface area (Å²) in [4.78, 5) is 17.3. The highest BCUT2D eigenvalue weighted by Gasteiger charge is 2.15. The molecule has 1 aromatic carbocycles. The first-order valence-electron chi connectivity index (χ1n) is 8.13. The van der Waals surface area contributed by atoms with E-state index in [4.69, 9.17) is 4.74 Å². The van der Waals surface area contributed by atoms with E-state index in [2.05, 4.69) is 15.4 Å². The molecule has 134 valence electrons. The highest BCUT2D eigenvalue weighted by atomic mass is 32.2. The Balaban J connectivity index is 1.65. The number of aryl methyl sites for hydroxylation is 1. The van der Waals surface area contributed by atoms with E-state index in [1.165, 1.54) is 11.8 Å². The highest BCUT2D eigenvalue weighted by molar-refractivity contribution is 8.00. The van der Waals surface area contributed by atoms with Crippen LogP contribution in [0.1, 0.15) is 11.4 Å². The van der Waals surface area contributed by atoms with Crippen molar-refractivity contribution in [2.24, 2.45) is 0 Å². The fraction of sp³-hybridized carbons (Fsp3) is 0.211. The second kappa shape index (κ2) is 8.05. The molecule has 0 aliphatic heterocycles. The summed E-state index contributed by atoms with van der Waals surface area (Å²) in [6.45, 7) is 3.97. The molecule has 7 heteroatoms. The van der Waals surface area contributed by atoms with Crippen molar-refractivity contribution in [2.75, 3.05) is 18.2 Å². The zero-order valence-electron chi connectivity index (χ0n) is 14.9. The molecule has 0 aliphatic rings. The Bertz CT molecular complexity index is 892. The number of benzene rings is 1. The maximum absolute atomic E-state index is 12.2. The number of hydrogen-bond donors (Lipinski definition) is 1. The van der Waals surface area contributed by atoms with Crippen LogP contribution >= 0.6 is 11.8 Å². The summed E-state index contributed by atoms with van der Waals surface area (Å²) in [7, 11) is 1.55. The second-order valence-corrected chi connectivity index (χ2v) is 6.66. The molecule has 0 atom stereocenters. The van der Waals surface area contributed by atoms with Crippen LogP contribution in [0.25, 0.3) is 5.69 Å². The summed E-state index contributed by atoms with van der Waals surface area (Å²) >= 11 is 1.48. The summed E-state index contributed by atoms with van der Waals surface area (Å²) in [5, 5.41) is 7.44. The number of carbonyl (C=O) groups excluding carboxylic acids is 1. The van der Waals surface area contributed by atoms with Gasteiger partial charge in [0.2, 0.25) is 11.8 Å². The van der Waals surface area contributed by atoms with Crippen LogP contribution in [0.2, 0.25) is 0 Å². The van der Waals surface area contributed by atoms with Gasteiger partial charge in [-0.25, -0.2) is 9.67 Å².